The molecule has 0 spiro atoms. The molecule has 2 nitrogen and oxygen atoms in total. The Morgan fingerprint density at radius 1 is 1.50 bits per heavy atom. The minimum absolute atomic E-state index is 0.730. The summed E-state index contributed by atoms with van der Waals surface area (Å²) in [5.41, 5.74) is 5.47. The lowest BCUT2D eigenvalue weighted by Crippen LogP contribution is -2.34. The van der Waals surface area contributed by atoms with Gasteiger partial charge >= 0.3 is 0 Å². The monoisotopic (exact) mass is 138 g/mol. The molecular weight excluding hydrogens is 124 g/mol. The smallest absolute Gasteiger partial charge is 0.0285 e. The van der Waals surface area contributed by atoms with Gasteiger partial charge in [-0.2, -0.15) is 0 Å². The van der Waals surface area contributed by atoms with Crippen LogP contribution >= 0.6 is 0 Å². The van der Waals surface area contributed by atoms with Crippen molar-refractivity contribution in [3.63, 3.8) is 0 Å². The average Bonchev–Trinajstić information content (AvgIpc) is 2.48. The Labute approximate surface area is 61.7 Å². The Kier molecular flexibility index (Phi) is 1.51. The minimum atomic E-state index is 0.730. The van der Waals surface area contributed by atoms with Gasteiger partial charge in [-0.25, -0.2) is 0 Å². The average molecular weight is 138 g/mol. The van der Waals surface area contributed by atoms with Crippen LogP contribution in [-0.2, 0) is 0 Å². The summed E-state index contributed by atoms with van der Waals surface area (Å²) < 4.78 is 0. The first kappa shape index (κ1) is 6.38. The van der Waals surface area contributed by atoms with Gasteiger partial charge in [0.1, 0.15) is 0 Å². The van der Waals surface area contributed by atoms with Crippen molar-refractivity contribution in [3.8, 4) is 0 Å². The van der Waals surface area contributed by atoms with Crippen molar-refractivity contribution in [3.05, 3.63) is 12.2 Å². The van der Waals surface area contributed by atoms with Crippen molar-refractivity contribution >= 4 is 0 Å². The number of fused-ring (bicyclic) bond motifs is 2. The number of rotatable bonds is 2. The van der Waals surface area contributed by atoms with Crippen molar-refractivity contribution in [2.24, 2.45) is 11.7 Å². The van der Waals surface area contributed by atoms with E-state index in [1.165, 1.54) is 13.0 Å². The Bertz CT molecular complexity index is 153. The maximum absolute atomic E-state index is 5.47. The normalized spacial score (nSPS) is 37.7. The van der Waals surface area contributed by atoms with Gasteiger partial charge in [0.2, 0.25) is 0 Å². The van der Waals surface area contributed by atoms with Crippen LogP contribution in [0.15, 0.2) is 12.2 Å². The highest BCUT2D eigenvalue weighted by molar-refractivity contribution is 5.12. The van der Waals surface area contributed by atoms with Gasteiger partial charge in [0.15, 0.2) is 0 Å². The molecule has 2 aliphatic rings. The molecule has 10 heavy (non-hydrogen) atoms. The Morgan fingerprint density at radius 3 is 2.90 bits per heavy atom. The molecule has 2 bridgehead atoms. The van der Waals surface area contributed by atoms with E-state index >= 15 is 0 Å². The van der Waals surface area contributed by atoms with Crippen LogP contribution in [0.5, 0.6) is 0 Å². The predicted molar refractivity (Wildman–Crippen MR) is 41.7 cm³/mol. The maximum Gasteiger partial charge on any atom is 0.0285 e. The van der Waals surface area contributed by atoms with Crippen molar-refractivity contribution in [1.29, 1.82) is 0 Å². The van der Waals surface area contributed by atoms with Gasteiger partial charge in [-0.3, -0.25) is 4.90 Å². The van der Waals surface area contributed by atoms with Crippen molar-refractivity contribution in [2.45, 2.75) is 12.5 Å². The zero-order chi connectivity index (χ0) is 6.97. The van der Waals surface area contributed by atoms with Gasteiger partial charge in [0, 0.05) is 25.7 Å². The van der Waals surface area contributed by atoms with E-state index < -0.39 is 0 Å². The molecule has 2 heteroatoms. The molecule has 0 aromatic carbocycles. The van der Waals surface area contributed by atoms with E-state index in [2.05, 4.69) is 17.1 Å². The maximum atomic E-state index is 5.47. The Balaban J connectivity index is 1.96. The molecule has 1 saturated heterocycles. The molecule has 2 atom stereocenters. The summed E-state index contributed by atoms with van der Waals surface area (Å²) >= 11 is 0. The van der Waals surface area contributed by atoms with Crippen molar-refractivity contribution in [1.82, 2.24) is 4.90 Å². The van der Waals surface area contributed by atoms with E-state index in [-0.39, 0.29) is 0 Å². The van der Waals surface area contributed by atoms with E-state index in [0.29, 0.717) is 0 Å². The summed E-state index contributed by atoms with van der Waals surface area (Å²) in [6.45, 7) is 3.13. The molecule has 0 aromatic rings. The molecule has 0 amide bonds. The third-order valence-corrected chi connectivity index (χ3v) is 2.50. The fraction of sp³-hybridized carbons (Fsp3) is 0.750. The fourth-order valence-corrected chi connectivity index (χ4v) is 2.02. The van der Waals surface area contributed by atoms with E-state index in [1.54, 1.807) is 0 Å². The second-order valence-corrected chi connectivity index (χ2v) is 3.23. The largest absolute Gasteiger partial charge is 0.329 e. The lowest BCUT2D eigenvalue weighted by atomic mass is 10.2. The topological polar surface area (TPSA) is 29.3 Å². The number of hydrogen-bond acceptors (Lipinski definition) is 2. The molecule has 1 fully saturated rings. The summed E-state index contributed by atoms with van der Waals surface area (Å²) in [5.74, 6) is 0.844. The van der Waals surface area contributed by atoms with Crippen LogP contribution in [0, 0.1) is 5.92 Å². The molecule has 0 aromatic heterocycles. The van der Waals surface area contributed by atoms with Gasteiger partial charge in [0.05, 0.1) is 0 Å². The number of hydrogen-bond donors (Lipinski definition) is 1. The molecule has 1 heterocycles. The van der Waals surface area contributed by atoms with Crippen molar-refractivity contribution < 1.29 is 0 Å². The van der Waals surface area contributed by atoms with Crippen molar-refractivity contribution in [2.75, 3.05) is 19.6 Å². The zero-order valence-corrected chi connectivity index (χ0v) is 6.16. The quantitative estimate of drug-likeness (QED) is 0.552. The molecule has 2 N–H and O–H groups in total. The van der Waals surface area contributed by atoms with Crippen LogP contribution < -0.4 is 5.73 Å². The SMILES string of the molecule is NCCN1C[C@@H]2C=C[C@H]1C2. The van der Waals surface area contributed by atoms with Crippen LogP contribution in [0.25, 0.3) is 0 Å². The highest BCUT2D eigenvalue weighted by Crippen LogP contribution is 2.30. The van der Waals surface area contributed by atoms with Crippen LogP contribution in [0.3, 0.4) is 0 Å². The summed E-state index contributed by atoms with van der Waals surface area (Å²) in [7, 11) is 0. The molecule has 0 unspecified atom stereocenters. The molecule has 0 radical (unpaired) electrons. The lowest BCUT2D eigenvalue weighted by molar-refractivity contribution is 0.288. The number of likely N-dealkylation sites (tertiary alicyclic amines) is 1. The molecule has 0 saturated carbocycles. The third kappa shape index (κ3) is 0.879. The Hall–Kier alpha value is -0.340. The number of nitrogens with two attached hydrogens (primary N) is 1. The molecule has 1 aliphatic heterocycles. The van der Waals surface area contributed by atoms with Gasteiger partial charge in [0.25, 0.3) is 0 Å². The summed E-state index contributed by atoms with van der Waals surface area (Å²) in [6, 6.07) is 0.730. The van der Waals surface area contributed by atoms with E-state index in [4.69, 9.17) is 5.73 Å². The zero-order valence-electron chi connectivity index (χ0n) is 6.16. The van der Waals surface area contributed by atoms with E-state index in [0.717, 1.165) is 25.0 Å². The standard InChI is InChI=1S/C8H14N2/c9-3-4-10-6-7-1-2-8(10)5-7/h1-2,7-8H,3-6,9H2/t7-,8+/m1/s1. The highest BCUT2D eigenvalue weighted by Gasteiger charge is 2.32. The van der Waals surface area contributed by atoms with E-state index in [1.807, 2.05) is 0 Å². The van der Waals surface area contributed by atoms with Gasteiger partial charge < -0.3 is 5.73 Å². The van der Waals surface area contributed by atoms with Gasteiger partial charge in [-0.15, -0.1) is 0 Å². The summed E-state index contributed by atoms with van der Waals surface area (Å²) in [4.78, 5) is 2.48. The first-order valence-electron chi connectivity index (χ1n) is 4.02. The fourth-order valence-electron chi connectivity index (χ4n) is 2.02. The first-order valence-corrected chi connectivity index (χ1v) is 4.02. The van der Waals surface area contributed by atoms with Crippen LogP contribution in [0.4, 0.5) is 0 Å². The summed E-state index contributed by atoms with van der Waals surface area (Å²) in [6.07, 6.45) is 6.02. The molecule has 2 rings (SSSR count). The number of nitrogens with zero attached hydrogens (tertiary/aromatic N) is 1. The van der Waals surface area contributed by atoms with Gasteiger partial charge in [-0.1, -0.05) is 12.2 Å². The molecular formula is C8H14N2. The van der Waals surface area contributed by atoms with E-state index in [9.17, 15) is 0 Å². The van der Waals surface area contributed by atoms with Crippen LogP contribution in [0.1, 0.15) is 6.42 Å². The second-order valence-electron chi connectivity index (χ2n) is 3.23. The molecule has 1 aliphatic carbocycles. The van der Waals surface area contributed by atoms with Gasteiger partial charge in [-0.05, 0) is 12.3 Å². The first-order chi connectivity index (χ1) is 4.90. The van der Waals surface area contributed by atoms with Crippen LogP contribution in [-0.4, -0.2) is 30.6 Å². The second kappa shape index (κ2) is 2.36. The lowest BCUT2D eigenvalue weighted by Gasteiger charge is -2.22. The highest BCUT2D eigenvalue weighted by atomic mass is 15.2. The minimum Gasteiger partial charge on any atom is -0.329 e. The Morgan fingerprint density at radius 2 is 2.40 bits per heavy atom. The predicted octanol–water partition coefficient (Wildman–Crippen LogP) is 0.205. The molecule has 56 valence electrons. The van der Waals surface area contributed by atoms with Crippen LogP contribution in [0.2, 0.25) is 0 Å². The summed E-state index contributed by atoms with van der Waals surface area (Å²) in [5, 5.41) is 0. The third-order valence-electron chi connectivity index (χ3n) is 2.50.